The predicted molar refractivity (Wildman–Crippen MR) is 98.0 cm³/mol. The Balaban J connectivity index is 1.56. The summed E-state index contributed by atoms with van der Waals surface area (Å²) in [5.41, 5.74) is 8.22. The Bertz CT molecular complexity index is 761. The van der Waals surface area contributed by atoms with Crippen molar-refractivity contribution < 1.29 is 9.59 Å². The number of benzene rings is 2. The first-order valence-electron chi connectivity index (χ1n) is 8.54. The van der Waals surface area contributed by atoms with E-state index in [-0.39, 0.29) is 23.8 Å². The molecule has 3 unspecified atom stereocenters. The van der Waals surface area contributed by atoms with Gasteiger partial charge >= 0.3 is 0 Å². The van der Waals surface area contributed by atoms with Gasteiger partial charge in [0.25, 0.3) is 5.91 Å². The standard InChI is InChI=1S/C20H23N3O2/c1-13-10-17(13)20(25)23-16-9-5-8-15(11-16)19(24)22-12-18(21)14-6-3-2-4-7-14/h2-9,11,13,17-18H,10,12,21H2,1H3,(H,22,24)(H,23,25). The topological polar surface area (TPSA) is 84.2 Å². The minimum absolute atomic E-state index is 0.0242. The van der Waals surface area contributed by atoms with Gasteiger partial charge in [-0.1, -0.05) is 43.3 Å². The maximum Gasteiger partial charge on any atom is 0.251 e. The van der Waals surface area contributed by atoms with E-state index in [2.05, 4.69) is 17.6 Å². The van der Waals surface area contributed by atoms with Crippen LogP contribution in [-0.2, 0) is 4.79 Å². The van der Waals surface area contributed by atoms with Crippen molar-refractivity contribution in [3.63, 3.8) is 0 Å². The van der Waals surface area contributed by atoms with E-state index in [1.54, 1.807) is 24.3 Å². The van der Waals surface area contributed by atoms with Gasteiger partial charge < -0.3 is 16.4 Å². The lowest BCUT2D eigenvalue weighted by Crippen LogP contribution is -2.31. The molecule has 25 heavy (non-hydrogen) atoms. The SMILES string of the molecule is CC1CC1C(=O)Nc1cccc(C(=O)NCC(N)c2ccccc2)c1. The zero-order chi connectivity index (χ0) is 17.8. The second kappa shape index (κ2) is 7.49. The van der Waals surface area contributed by atoms with Crippen molar-refractivity contribution in [1.29, 1.82) is 0 Å². The minimum atomic E-state index is -0.260. The fraction of sp³-hybridized carbons (Fsp3) is 0.300. The molecule has 1 aliphatic carbocycles. The number of anilines is 1. The van der Waals surface area contributed by atoms with E-state index in [0.29, 0.717) is 23.7 Å². The molecule has 2 aromatic carbocycles. The maximum absolute atomic E-state index is 12.3. The van der Waals surface area contributed by atoms with Crippen LogP contribution in [0.1, 0.15) is 35.3 Å². The summed E-state index contributed by atoms with van der Waals surface area (Å²) in [7, 11) is 0. The van der Waals surface area contributed by atoms with Gasteiger partial charge in [-0.05, 0) is 36.1 Å². The van der Waals surface area contributed by atoms with Crippen LogP contribution in [0.15, 0.2) is 54.6 Å². The molecule has 5 nitrogen and oxygen atoms in total. The molecule has 2 aromatic rings. The molecule has 0 bridgehead atoms. The molecule has 2 amide bonds. The molecule has 5 heteroatoms. The zero-order valence-electron chi connectivity index (χ0n) is 14.2. The largest absolute Gasteiger partial charge is 0.350 e. The molecule has 0 spiro atoms. The fourth-order valence-corrected chi connectivity index (χ4v) is 2.78. The molecule has 1 saturated carbocycles. The second-order valence-corrected chi connectivity index (χ2v) is 6.62. The highest BCUT2D eigenvalue weighted by molar-refractivity contribution is 5.98. The summed E-state index contributed by atoms with van der Waals surface area (Å²) in [4.78, 5) is 24.3. The average molecular weight is 337 g/mol. The van der Waals surface area contributed by atoms with E-state index in [9.17, 15) is 9.59 Å². The lowest BCUT2D eigenvalue weighted by atomic mass is 10.1. The van der Waals surface area contributed by atoms with E-state index in [1.165, 1.54) is 0 Å². The predicted octanol–water partition coefficient (Wildman–Crippen LogP) is 2.71. The molecule has 0 heterocycles. The molecule has 1 aliphatic rings. The van der Waals surface area contributed by atoms with Gasteiger partial charge in [-0.2, -0.15) is 0 Å². The van der Waals surface area contributed by atoms with Crippen LogP contribution in [0.2, 0.25) is 0 Å². The number of hydrogen-bond acceptors (Lipinski definition) is 3. The molecule has 3 rings (SSSR count). The molecule has 3 atom stereocenters. The third-order valence-corrected chi connectivity index (χ3v) is 4.55. The first-order valence-corrected chi connectivity index (χ1v) is 8.54. The Morgan fingerprint density at radius 2 is 1.88 bits per heavy atom. The summed E-state index contributed by atoms with van der Waals surface area (Å²) in [6.45, 7) is 2.41. The van der Waals surface area contributed by atoms with Crippen LogP contribution in [0, 0.1) is 11.8 Å². The molecular formula is C20H23N3O2. The number of nitrogens with one attached hydrogen (secondary N) is 2. The summed E-state index contributed by atoms with van der Waals surface area (Å²) in [5.74, 6) is 0.366. The maximum atomic E-state index is 12.3. The fourth-order valence-electron chi connectivity index (χ4n) is 2.78. The van der Waals surface area contributed by atoms with Crippen molar-refractivity contribution in [2.45, 2.75) is 19.4 Å². The van der Waals surface area contributed by atoms with Crippen LogP contribution in [0.3, 0.4) is 0 Å². The third kappa shape index (κ3) is 4.45. The summed E-state index contributed by atoms with van der Waals surface area (Å²) < 4.78 is 0. The zero-order valence-corrected chi connectivity index (χ0v) is 14.2. The van der Waals surface area contributed by atoms with Gasteiger partial charge in [0, 0.05) is 29.8 Å². The minimum Gasteiger partial charge on any atom is -0.350 e. The molecule has 0 aromatic heterocycles. The molecule has 0 saturated heterocycles. The van der Waals surface area contributed by atoms with E-state index >= 15 is 0 Å². The van der Waals surface area contributed by atoms with Crippen LogP contribution >= 0.6 is 0 Å². The van der Waals surface area contributed by atoms with Gasteiger partial charge in [0.05, 0.1) is 0 Å². The monoisotopic (exact) mass is 337 g/mol. The van der Waals surface area contributed by atoms with Crippen molar-refractivity contribution in [3.05, 3.63) is 65.7 Å². The van der Waals surface area contributed by atoms with Gasteiger partial charge in [0.15, 0.2) is 0 Å². The normalized spacial score (nSPS) is 19.8. The number of amides is 2. The summed E-state index contributed by atoms with van der Waals surface area (Å²) >= 11 is 0. The number of carbonyl (C=O) groups excluding carboxylic acids is 2. The molecule has 0 radical (unpaired) electrons. The highest BCUT2D eigenvalue weighted by Crippen LogP contribution is 2.38. The van der Waals surface area contributed by atoms with Crippen molar-refractivity contribution in [1.82, 2.24) is 5.32 Å². The van der Waals surface area contributed by atoms with Crippen LogP contribution in [0.25, 0.3) is 0 Å². The molecule has 1 fully saturated rings. The van der Waals surface area contributed by atoms with Crippen LogP contribution in [0.4, 0.5) is 5.69 Å². The molecule has 130 valence electrons. The molecule has 0 aliphatic heterocycles. The Morgan fingerprint density at radius 1 is 1.16 bits per heavy atom. The number of hydrogen-bond donors (Lipinski definition) is 3. The summed E-state index contributed by atoms with van der Waals surface area (Å²) in [6, 6.07) is 16.3. The Labute approximate surface area is 147 Å². The number of carbonyl (C=O) groups is 2. The smallest absolute Gasteiger partial charge is 0.251 e. The first kappa shape index (κ1) is 17.2. The van der Waals surface area contributed by atoms with Gasteiger partial charge in [-0.25, -0.2) is 0 Å². The van der Waals surface area contributed by atoms with Gasteiger partial charge in [-0.3, -0.25) is 9.59 Å². The van der Waals surface area contributed by atoms with E-state index in [0.717, 1.165) is 12.0 Å². The van der Waals surface area contributed by atoms with Crippen LogP contribution < -0.4 is 16.4 Å². The summed E-state index contributed by atoms with van der Waals surface area (Å²) in [6.07, 6.45) is 0.934. The van der Waals surface area contributed by atoms with Crippen molar-refractivity contribution in [3.8, 4) is 0 Å². The van der Waals surface area contributed by atoms with Crippen molar-refractivity contribution >= 4 is 17.5 Å². The van der Waals surface area contributed by atoms with E-state index < -0.39 is 0 Å². The first-order chi connectivity index (χ1) is 12.0. The number of rotatable bonds is 6. The van der Waals surface area contributed by atoms with E-state index in [4.69, 9.17) is 5.73 Å². The van der Waals surface area contributed by atoms with Gasteiger partial charge in [0.1, 0.15) is 0 Å². The molecular weight excluding hydrogens is 314 g/mol. The van der Waals surface area contributed by atoms with Crippen molar-refractivity contribution in [2.24, 2.45) is 17.6 Å². The van der Waals surface area contributed by atoms with Gasteiger partial charge in [-0.15, -0.1) is 0 Å². The van der Waals surface area contributed by atoms with Crippen molar-refractivity contribution in [2.75, 3.05) is 11.9 Å². The molecule has 4 N–H and O–H groups in total. The highest BCUT2D eigenvalue weighted by atomic mass is 16.2. The van der Waals surface area contributed by atoms with Gasteiger partial charge in [0.2, 0.25) is 5.91 Å². The second-order valence-electron chi connectivity index (χ2n) is 6.62. The summed E-state index contributed by atoms with van der Waals surface area (Å²) in [5, 5.41) is 5.72. The Hall–Kier alpha value is -2.66. The average Bonchev–Trinajstić information content (AvgIpc) is 3.37. The third-order valence-electron chi connectivity index (χ3n) is 4.55. The van der Waals surface area contributed by atoms with Crippen LogP contribution in [0.5, 0.6) is 0 Å². The van der Waals surface area contributed by atoms with E-state index in [1.807, 2.05) is 30.3 Å². The number of nitrogens with two attached hydrogens (primary N) is 1. The lowest BCUT2D eigenvalue weighted by molar-refractivity contribution is -0.117. The van der Waals surface area contributed by atoms with Crippen LogP contribution in [-0.4, -0.2) is 18.4 Å². The highest BCUT2D eigenvalue weighted by Gasteiger charge is 2.39. The lowest BCUT2D eigenvalue weighted by Gasteiger charge is -2.13. The quantitative estimate of drug-likeness (QED) is 0.758. The Kier molecular flexibility index (Phi) is 5.14. The Morgan fingerprint density at radius 3 is 2.56 bits per heavy atom.